The lowest BCUT2D eigenvalue weighted by Gasteiger charge is -2.41. The molecular weight excluding hydrogens is 462 g/mol. The standard InChI is InChI=1S/C31H31N3OS/c1-5-7-21-33-22(3)26(31(35)34(23(33)4)25-14-9-8-10-15-25)18-20-29-32(6-2)30-27-16-12-11-13-24(27)17-19-28(30)36-29/h8-20H,3-7,21H2,1-2H3/b26-18+,29-20-. The Labute approximate surface area is 217 Å². The Hall–Kier alpha value is -3.70. The van der Waals surface area contributed by atoms with E-state index in [0.29, 0.717) is 17.1 Å². The topological polar surface area (TPSA) is 26.8 Å². The maximum atomic E-state index is 13.8. The number of allylic oxidation sites excluding steroid dienone is 2. The molecule has 0 bridgehead atoms. The molecule has 3 aromatic carbocycles. The molecular formula is C31H31N3OS. The van der Waals surface area contributed by atoms with E-state index in [1.807, 2.05) is 36.4 Å². The third kappa shape index (κ3) is 4.14. The minimum Gasteiger partial charge on any atom is -0.335 e. The monoisotopic (exact) mass is 493 g/mol. The van der Waals surface area contributed by atoms with E-state index in [9.17, 15) is 4.79 Å². The lowest BCUT2D eigenvalue weighted by atomic mass is 10.0. The van der Waals surface area contributed by atoms with Crippen LogP contribution in [0.15, 0.2) is 119 Å². The SMILES string of the molecule is C=C1/C(=C\C=C2/Sc3ccc4ccccc4c3N2CC)C(=O)N(c2ccccc2)C(=C)N1CCCC. The number of rotatable bonds is 6. The van der Waals surface area contributed by atoms with Crippen molar-refractivity contribution in [2.24, 2.45) is 0 Å². The van der Waals surface area contributed by atoms with Gasteiger partial charge in [-0.1, -0.05) is 86.8 Å². The van der Waals surface area contributed by atoms with Crippen molar-refractivity contribution in [3.8, 4) is 0 Å². The summed E-state index contributed by atoms with van der Waals surface area (Å²) in [5.41, 5.74) is 3.34. The van der Waals surface area contributed by atoms with Gasteiger partial charge in [-0.05, 0) is 49.1 Å². The molecule has 4 nitrogen and oxygen atoms in total. The highest BCUT2D eigenvalue weighted by atomic mass is 32.2. The second-order valence-corrected chi connectivity index (χ2v) is 9.97. The fraction of sp³-hybridized carbons (Fsp3) is 0.194. The summed E-state index contributed by atoms with van der Waals surface area (Å²) >= 11 is 1.74. The van der Waals surface area contributed by atoms with Gasteiger partial charge in [0.25, 0.3) is 5.91 Å². The number of carbonyl (C=O) groups is 1. The zero-order chi connectivity index (χ0) is 25.2. The summed E-state index contributed by atoms with van der Waals surface area (Å²) in [7, 11) is 0. The molecule has 0 aromatic heterocycles. The van der Waals surface area contributed by atoms with Crippen molar-refractivity contribution in [1.82, 2.24) is 4.90 Å². The Bertz CT molecular complexity index is 1410. The van der Waals surface area contributed by atoms with Crippen molar-refractivity contribution >= 4 is 39.8 Å². The highest BCUT2D eigenvalue weighted by molar-refractivity contribution is 8.03. The molecule has 0 aliphatic carbocycles. The molecule has 3 aromatic rings. The van der Waals surface area contributed by atoms with Crippen LogP contribution in [0.2, 0.25) is 0 Å². The normalized spacial score (nSPS) is 18.2. The lowest BCUT2D eigenvalue weighted by molar-refractivity contribution is -0.115. The van der Waals surface area contributed by atoms with E-state index < -0.39 is 0 Å². The fourth-order valence-electron chi connectivity index (χ4n) is 4.84. The summed E-state index contributed by atoms with van der Waals surface area (Å²) < 4.78 is 0. The van der Waals surface area contributed by atoms with Gasteiger partial charge in [0.2, 0.25) is 0 Å². The first-order valence-corrected chi connectivity index (χ1v) is 13.3. The predicted octanol–water partition coefficient (Wildman–Crippen LogP) is 7.67. The van der Waals surface area contributed by atoms with Crippen LogP contribution >= 0.6 is 11.8 Å². The number of hydrogen-bond acceptors (Lipinski definition) is 4. The second kappa shape index (κ2) is 10.1. The molecule has 1 saturated heterocycles. The zero-order valence-corrected chi connectivity index (χ0v) is 21.7. The molecule has 36 heavy (non-hydrogen) atoms. The molecule has 0 atom stereocenters. The first-order chi connectivity index (χ1) is 17.5. The van der Waals surface area contributed by atoms with Gasteiger partial charge in [0.05, 0.1) is 22.0 Å². The van der Waals surface area contributed by atoms with Gasteiger partial charge >= 0.3 is 0 Å². The molecule has 0 spiro atoms. The average molecular weight is 494 g/mol. The number of unbranched alkanes of at least 4 members (excludes halogenated alkanes) is 1. The van der Waals surface area contributed by atoms with Crippen LogP contribution in [0.3, 0.4) is 0 Å². The minimum absolute atomic E-state index is 0.102. The Morgan fingerprint density at radius 3 is 2.39 bits per heavy atom. The molecule has 1 amide bonds. The van der Waals surface area contributed by atoms with Crippen LogP contribution in [-0.4, -0.2) is 23.9 Å². The molecule has 2 heterocycles. The lowest BCUT2D eigenvalue weighted by Crippen LogP contribution is -2.46. The van der Waals surface area contributed by atoms with Gasteiger partial charge in [-0.15, -0.1) is 0 Å². The molecule has 182 valence electrons. The molecule has 5 rings (SSSR count). The van der Waals surface area contributed by atoms with Crippen LogP contribution < -0.4 is 9.80 Å². The van der Waals surface area contributed by atoms with Crippen molar-refractivity contribution in [1.29, 1.82) is 0 Å². The maximum absolute atomic E-state index is 13.8. The van der Waals surface area contributed by atoms with Crippen molar-refractivity contribution in [3.05, 3.63) is 114 Å². The smallest absolute Gasteiger partial charge is 0.266 e. The Morgan fingerprint density at radius 2 is 1.64 bits per heavy atom. The Balaban J connectivity index is 1.55. The van der Waals surface area contributed by atoms with Crippen LogP contribution in [0.1, 0.15) is 26.7 Å². The Morgan fingerprint density at radius 1 is 0.889 bits per heavy atom. The molecule has 0 radical (unpaired) electrons. The van der Waals surface area contributed by atoms with Crippen molar-refractivity contribution in [2.45, 2.75) is 31.6 Å². The van der Waals surface area contributed by atoms with Gasteiger partial charge in [-0.25, -0.2) is 0 Å². The van der Waals surface area contributed by atoms with Gasteiger partial charge in [0.15, 0.2) is 0 Å². The van der Waals surface area contributed by atoms with Crippen molar-refractivity contribution in [3.63, 3.8) is 0 Å². The van der Waals surface area contributed by atoms with E-state index in [0.717, 1.165) is 36.6 Å². The maximum Gasteiger partial charge on any atom is 0.266 e. The third-order valence-electron chi connectivity index (χ3n) is 6.71. The molecule has 0 N–H and O–H groups in total. The zero-order valence-electron chi connectivity index (χ0n) is 20.9. The molecule has 5 heteroatoms. The van der Waals surface area contributed by atoms with Gasteiger partial charge in [0, 0.05) is 29.1 Å². The largest absolute Gasteiger partial charge is 0.335 e. The molecule has 0 saturated carbocycles. The first-order valence-electron chi connectivity index (χ1n) is 12.5. The number of carbonyl (C=O) groups excluding carboxylic acids is 1. The number of fused-ring (bicyclic) bond motifs is 3. The summed E-state index contributed by atoms with van der Waals surface area (Å²) in [6.07, 6.45) is 6.04. The molecule has 1 fully saturated rings. The van der Waals surface area contributed by atoms with Crippen molar-refractivity contribution < 1.29 is 4.79 Å². The van der Waals surface area contributed by atoms with Crippen LogP contribution in [-0.2, 0) is 4.79 Å². The number of amides is 1. The molecule has 0 unspecified atom stereocenters. The van der Waals surface area contributed by atoms with Gasteiger partial charge in [0.1, 0.15) is 5.82 Å². The quantitative estimate of drug-likeness (QED) is 0.329. The third-order valence-corrected chi connectivity index (χ3v) is 7.83. The van der Waals surface area contributed by atoms with E-state index in [1.54, 1.807) is 16.7 Å². The van der Waals surface area contributed by atoms with E-state index in [1.165, 1.54) is 21.4 Å². The number of thioether (sulfide) groups is 1. The number of para-hydroxylation sites is 1. The van der Waals surface area contributed by atoms with Crippen LogP contribution in [0.25, 0.3) is 10.8 Å². The highest BCUT2D eigenvalue weighted by Gasteiger charge is 2.35. The summed E-state index contributed by atoms with van der Waals surface area (Å²) in [4.78, 5) is 21.1. The van der Waals surface area contributed by atoms with Crippen LogP contribution in [0, 0.1) is 0 Å². The number of anilines is 2. The Kier molecular flexibility index (Phi) is 6.75. The first kappa shape index (κ1) is 24.0. The van der Waals surface area contributed by atoms with Gasteiger partial charge in [-0.2, -0.15) is 0 Å². The number of nitrogens with zero attached hydrogens (tertiary/aromatic N) is 3. The number of hydrogen-bond donors (Lipinski definition) is 0. The second-order valence-electron chi connectivity index (χ2n) is 8.91. The summed E-state index contributed by atoms with van der Waals surface area (Å²) in [6, 6.07) is 22.6. The van der Waals surface area contributed by atoms with Gasteiger partial charge in [-0.3, -0.25) is 9.69 Å². The molecule has 2 aliphatic rings. The highest BCUT2D eigenvalue weighted by Crippen LogP contribution is 2.49. The predicted molar refractivity (Wildman–Crippen MR) is 153 cm³/mol. The minimum atomic E-state index is -0.102. The van der Waals surface area contributed by atoms with E-state index in [2.05, 4.69) is 79.3 Å². The average Bonchev–Trinajstić information content (AvgIpc) is 3.27. The van der Waals surface area contributed by atoms with Crippen LogP contribution in [0.5, 0.6) is 0 Å². The summed E-state index contributed by atoms with van der Waals surface area (Å²) in [6.45, 7) is 14.5. The van der Waals surface area contributed by atoms with E-state index >= 15 is 0 Å². The summed E-state index contributed by atoms with van der Waals surface area (Å²) in [5.74, 6) is 0.550. The summed E-state index contributed by atoms with van der Waals surface area (Å²) in [5, 5.41) is 3.58. The van der Waals surface area contributed by atoms with Crippen molar-refractivity contribution in [2.75, 3.05) is 22.9 Å². The van der Waals surface area contributed by atoms with E-state index in [4.69, 9.17) is 0 Å². The van der Waals surface area contributed by atoms with E-state index in [-0.39, 0.29) is 5.91 Å². The molecule has 2 aliphatic heterocycles. The van der Waals surface area contributed by atoms with Crippen LogP contribution in [0.4, 0.5) is 11.4 Å². The fourth-order valence-corrected chi connectivity index (χ4v) is 5.99. The van der Waals surface area contributed by atoms with Gasteiger partial charge < -0.3 is 9.80 Å². The number of benzene rings is 3.